The molecular formula is C64H121N13O6. The minimum absolute atomic E-state index is 0.0677. The van der Waals surface area contributed by atoms with Crippen molar-refractivity contribution in [1.29, 1.82) is 0 Å². The minimum Gasteiger partial charge on any atom is -0.370 e. The highest BCUT2D eigenvalue weighted by Crippen LogP contribution is 2.16. The van der Waals surface area contributed by atoms with Gasteiger partial charge in [-0.2, -0.15) is 20.4 Å². The Labute approximate surface area is 503 Å². The molecule has 0 aliphatic heterocycles. The quantitative estimate of drug-likeness (QED) is 0.0125. The number of aliphatic imine (C=N–C) groups is 1. The highest BCUT2D eigenvalue weighted by Gasteiger charge is 2.28. The Morgan fingerprint density at radius 1 is 0.337 bits per heavy atom. The summed E-state index contributed by atoms with van der Waals surface area (Å²) >= 11 is 0. The van der Waals surface area contributed by atoms with Crippen LogP contribution in [0.5, 0.6) is 0 Å². The van der Waals surface area contributed by atoms with Crippen LogP contribution in [0.1, 0.15) is 299 Å². The fraction of sp³-hybridized carbons (Fsp3) is 0.828. The lowest BCUT2D eigenvalue weighted by Gasteiger charge is -2.21. The SMILES string of the molecule is CCCCCCCCCC(C)/C=N/NC(=O)CC[C@H](NC(=O)CC[C@H](N=C(N)N)C(=O)N[C@@H](CCC(=O)N/N=C/C(C)CCCCCCCCC)C(=O)N/N=C/C(C)CCCCCCCCC)C(=O)N/N=C/C(C)CCCCCCCCC. The zero-order valence-electron chi connectivity index (χ0n) is 53.6. The van der Waals surface area contributed by atoms with Crippen LogP contribution in [0.4, 0.5) is 0 Å². The Balaban J connectivity index is 6.06. The average molecular weight is 1170 g/mol. The van der Waals surface area contributed by atoms with Gasteiger partial charge >= 0.3 is 0 Å². The van der Waals surface area contributed by atoms with E-state index in [2.05, 4.69) is 99.3 Å². The van der Waals surface area contributed by atoms with Crippen molar-refractivity contribution in [1.82, 2.24) is 32.3 Å². The molecule has 0 rings (SSSR count). The summed E-state index contributed by atoms with van der Waals surface area (Å²) in [5.74, 6) is -3.43. The third-order valence-corrected chi connectivity index (χ3v) is 15.0. The number of hydrogen-bond donors (Lipinski definition) is 8. The molecule has 0 aliphatic rings. The summed E-state index contributed by atoms with van der Waals surface area (Å²) in [6.45, 7) is 17.0. The number of nitrogens with two attached hydrogens (primary N) is 2. The molecule has 19 nitrogen and oxygen atoms in total. The molecule has 478 valence electrons. The van der Waals surface area contributed by atoms with Gasteiger partial charge in [0.25, 0.3) is 11.8 Å². The van der Waals surface area contributed by atoms with E-state index in [9.17, 15) is 28.8 Å². The molecule has 0 heterocycles. The fourth-order valence-electron chi connectivity index (χ4n) is 9.51. The Kier molecular flexibility index (Phi) is 51.2. The Morgan fingerprint density at radius 3 is 0.928 bits per heavy atom. The zero-order valence-corrected chi connectivity index (χ0v) is 53.6. The van der Waals surface area contributed by atoms with Gasteiger partial charge in [0.05, 0.1) is 0 Å². The molecule has 19 heteroatoms. The Morgan fingerprint density at radius 2 is 0.614 bits per heavy atom. The van der Waals surface area contributed by atoms with Crippen LogP contribution < -0.4 is 43.8 Å². The molecule has 0 aromatic carbocycles. The third kappa shape index (κ3) is 48.8. The second-order valence-electron chi connectivity index (χ2n) is 23.6. The largest absolute Gasteiger partial charge is 0.370 e. The predicted octanol–water partition coefficient (Wildman–Crippen LogP) is 12.5. The van der Waals surface area contributed by atoms with Crippen LogP contribution in [0.25, 0.3) is 0 Å². The van der Waals surface area contributed by atoms with Crippen molar-refractivity contribution in [2.24, 2.45) is 60.5 Å². The Bertz CT molecular complexity index is 1840. The maximum atomic E-state index is 14.0. The molecule has 0 fully saturated rings. The van der Waals surface area contributed by atoms with E-state index in [4.69, 9.17) is 11.5 Å². The van der Waals surface area contributed by atoms with E-state index in [1.807, 2.05) is 13.8 Å². The van der Waals surface area contributed by atoms with Gasteiger partial charge in [-0.05, 0) is 68.6 Å². The summed E-state index contributed by atoms with van der Waals surface area (Å²) in [6.07, 6.45) is 43.1. The van der Waals surface area contributed by atoms with Crippen molar-refractivity contribution in [2.45, 2.75) is 318 Å². The molecule has 0 radical (unpaired) electrons. The number of unbranched alkanes of at least 4 members (excludes halogenated alkanes) is 24. The number of hydrazone groups is 4. The second kappa shape index (κ2) is 54.7. The number of nitrogens with one attached hydrogen (secondary N) is 6. The van der Waals surface area contributed by atoms with Crippen LogP contribution >= 0.6 is 0 Å². The zero-order chi connectivity index (χ0) is 61.6. The molecule has 0 saturated heterocycles. The van der Waals surface area contributed by atoms with Gasteiger partial charge in [-0.3, -0.25) is 28.8 Å². The maximum Gasteiger partial charge on any atom is 0.262 e. The Hall–Kier alpha value is -5.23. The summed E-state index contributed by atoms with van der Waals surface area (Å²) in [5, 5.41) is 22.1. The summed E-state index contributed by atoms with van der Waals surface area (Å²) in [6, 6.07) is -3.75. The smallest absolute Gasteiger partial charge is 0.262 e. The molecule has 4 unspecified atom stereocenters. The maximum absolute atomic E-state index is 14.0. The number of rotatable bonds is 55. The number of hydrogen-bond acceptors (Lipinski definition) is 11. The third-order valence-electron chi connectivity index (χ3n) is 15.0. The predicted molar refractivity (Wildman–Crippen MR) is 345 cm³/mol. The second-order valence-corrected chi connectivity index (χ2v) is 23.6. The molecule has 0 aromatic rings. The highest BCUT2D eigenvalue weighted by atomic mass is 16.2. The lowest BCUT2D eigenvalue weighted by molar-refractivity contribution is -0.131. The van der Waals surface area contributed by atoms with Crippen LogP contribution in [0.3, 0.4) is 0 Å². The molecular weight excluding hydrogens is 1050 g/mol. The first-order valence-electron chi connectivity index (χ1n) is 33.0. The van der Waals surface area contributed by atoms with Gasteiger partial charge in [0, 0.05) is 44.1 Å². The van der Waals surface area contributed by atoms with Crippen molar-refractivity contribution in [3.05, 3.63) is 0 Å². The summed E-state index contributed by atoms with van der Waals surface area (Å²) < 4.78 is 0. The van der Waals surface area contributed by atoms with Crippen LogP contribution in [-0.2, 0) is 28.8 Å². The number of amides is 6. The highest BCUT2D eigenvalue weighted by molar-refractivity contribution is 5.93. The number of carbonyl (C=O) groups is 6. The molecule has 6 amide bonds. The van der Waals surface area contributed by atoms with Gasteiger partial charge in [-0.25, -0.2) is 26.7 Å². The van der Waals surface area contributed by atoms with Gasteiger partial charge in [0.2, 0.25) is 23.6 Å². The molecule has 0 saturated carbocycles. The summed E-state index contributed by atoms with van der Waals surface area (Å²) in [5.41, 5.74) is 21.8. The van der Waals surface area contributed by atoms with E-state index in [-0.39, 0.29) is 62.2 Å². The van der Waals surface area contributed by atoms with Crippen molar-refractivity contribution < 1.29 is 28.8 Å². The van der Waals surface area contributed by atoms with E-state index in [1.165, 1.54) is 135 Å². The molecule has 0 spiro atoms. The van der Waals surface area contributed by atoms with Gasteiger partial charge in [-0.15, -0.1) is 0 Å². The molecule has 7 atom stereocenters. The van der Waals surface area contributed by atoms with E-state index in [0.717, 1.165) is 70.6 Å². The first kappa shape index (κ1) is 77.8. The van der Waals surface area contributed by atoms with Crippen molar-refractivity contribution in [3.63, 3.8) is 0 Å². The first-order valence-corrected chi connectivity index (χ1v) is 33.0. The fourth-order valence-corrected chi connectivity index (χ4v) is 9.51. The van der Waals surface area contributed by atoms with Gasteiger partial charge in [0.1, 0.15) is 18.1 Å². The van der Waals surface area contributed by atoms with Gasteiger partial charge in [-0.1, -0.05) is 235 Å². The van der Waals surface area contributed by atoms with Crippen molar-refractivity contribution in [2.75, 3.05) is 0 Å². The number of carbonyl (C=O) groups excluding carboxylic acids is 6. The summed E-state index contributed by atoms with van der Waals surface area (Å²) in [4.78, 5) is 85.2. The normalized spacial score (nSPS) is 14.3. The van der Waals surface area contributed by atoms with E-state index < -0.39 is 59.5 Å². The molecule has 10 N–H and O–H groups in total. The van der Waals surface area contributed by atoms with Crippen LogP contribution in [-0.4, -0.2) is 84.4 Å². The number of nitrogens with zero attached hydrogens (tertiary/aromatic N) is 5. The molecule has 0 aliphatic carbocycles. The lowest BCUT2D eigenvalue weighted by atomic mass is 10.0. The lowest BCUT2D eigenvalue weighted by Crippen LogP contribution is -2.49. The molecule has 83 heavy (non-hydrogen) atoms. The van der Waals surface area contributed by atoms with Crippen LogP contribution in [0, 0.1) is 23.7 Å². The van der Waals surface area contributed by atoms with E-state index >= 15 is 0 Å². The van der Waals surface area contributed by atoms with Gasteiger partial charge in [0.15, 0.2) is 5.96 Å². The van der Waals surface area contributed by atoms with Crippen LogP contribution in [0.15, 0.2) is 25.4 Å². The monoisotopic (exact) mass is 1170 g/mol. The number of guanidine groups is 1. The standard InChI is InChI=1S/C64H121N13O6/c1-9-13-17-21-25-29-33-37-51(5)47-67-74-59(79)45-42-56(62(82)76-69-49-53(7)39-35-31-27-23-19-15-11-3)71-58(78)44-41-55(73-64(65)66)61(81)72-57(63(83)77-70-50-54(8)40-36-32-28-24-20-16-12-4)43-46-60(80)75-68-48-52(6)38-34-30-26-22-18-14-10-2/h47-57H,9-46H2,1-8H3,(H,71,78)(H,72,81)(H,74,79)(H,75,80)(H,76,82)(H,77,83)(H4,65,66,73)/b67-47+,68-48+,69-49+,70-50+/t51?,52?,53?,54?,55-,56-,57-/m0/s1. The van der Waals surface area contributed by atoms with Crippen LogP contribution in [0.2, 0.25) is 0 Å². The average Bonchev–Trinajstić information content (AvgIpc) is 3.46. The first-order chi connectivity index (χ1) is 40.1. The van der Waals surface area contributed by atoms with Crippen molar-refractivity contribution in [3.8, 4) is 0 Å². The minimum atomic E-state index is -1.34. The topological polar surface area (TPSA) is 288 Å². The molecule has 0 bridgehead atoms. The van der Waals surface area contributed by atoms with E-state index in [1.54, 1.807) is 24.9 Å². The van der Waals surface area contributed by atoms with Crippen molar-refractivity contribution >= 4 is 66.3 Å². The summed E-state index contributed by atoms with van der Waals surface area (Å²) in [7, 11) is 0. The molecule has 0 aromatic heterocycles. The van der Waals surface area contributed by atoms with E-state index in [0.29, 0.717) is 0 Å². The van der Waals surface area contributed by atoms with Gasteiger partial charge < -0.3 is 22.1 Å².